The minimum absolute atomic E-state index is 0.624. The van der Waals surface area contributed by atoms with E-state index < -0.39 is 0 Å². The Kier molecular flexibility index (Phi) is 2.18. The van der Waals surface area contributed by atoms with Crippen LogP contribution in [0.2, 0.25) is 0 Å². The minimum atomic E-state index is 0.624. The van der Waals surface area contributed by atoms with Crippen molar-refractivity contribution in [1.29, 1.82) is 0 Å². The van der Waals surface area contributed by atoms with E-state index in [-0.39, 0.29) is 0 Å². The maximum Gasteiger partial charge on any atom is 0.00954 e. The largest absolute Gasteiger partial charge is 0.311 e. The van der Waals surface area contributed by atoms with Crippen LogP contribution >= 0.6 is 0 Å². The maximum atomic E-state index is 3.78. The topological polar surface area (TPSA) is 12.0 Å². The fourth-order valence-electron chi connectivity index (χ4n) is 2.73. The molecule has 0 heterocycles. The normalized spacial score (nSPS) is 43.8. The Morgan fingerprint density at radius 3 is 2.23 bits per heavy atom. The number of nitrogens with one attached hydrogen (secondary N) is 1. The molecular formula is C12H23N. The number of hydrogen-bond acceptors (Lipinski definition) is 1. The molecule has 0 aromatic carbocycles. The van der Waals surface area contributed by atoms with Crippen molar-refractivity contribution >= 4 is 0 Å². The quantitative estimate of drug-likeness (QED) is 0.706. The van der Waals surface area contributed by atoms with Gasteiger partial charge in [0.05, 0.1) is 0 Å². The van der Waals surface area contributed by atoms with Gasteiger partial charge in [0.15, 0.2) is 0 Å². The molecule has 2 fully saturated rings. The first-order chi connectivity index (χ1) is 6.00. The lowest BCUT2D eigenvalue weighted by Crippen LogP contribution is -2.47. The molecule has 0 radical (unpaired) electrons. The molecule has 1 N–H and O–H groups in total. The molecule has 4 atom stereocenters. The van der Waals surface area contributed by atoms with Crippen LogP contribution < -0.4 is 5.32 Å². The first-order valence-electron chi connectivity index (χ1n) is 5.77. The minimum Gasteiger partial charge on any atom is -0.311 e. The molecule has 2 aliphatic rings. The van der Waals surface area contributed by atoms with Gasteiger partial charge in [0.25, 0.3) is 0 Å². The summed E-state index contributed by atoms with van der Waals surface area (Å²) in [5.41, 5.74) is 0.624. The van der Waals surface area contributed by atoms with Gasteiger partial charge < -0.3 is 5.32 Å². The summed E-state index contributed by atoms with van der Waals surface area (Å²) in [6.45, 7) is 9.51. The maximum absolute atomic E-state index is 3.78. The van der Waals surface area contributed by atoms with Crippen molar-refractivity contribution in [3.63, 3.8) is 0 Å². The molecule has 0 aromatic rings. The molecule has 13 heavy (non-hydrogen) atoms. The summed E-state index contributed by atoms with van der Waals surface area (Å²) in [5, 5.41) is 3.78. The highest BCUT2D eigenvalue weighted by Crippen LogP contribution is 2.53. The monoisotopic (exact) mass is 181 g/mol. The van der Waals surface area contributed by atoms with Crippen LogP contribution in [0.25, 0.3) is 0 Å². The lowest BCUT2D eigenvalue weighted by molar-refractivity contribution is 0.202. The Morgan fingerprint density at radius 2 is 1.92 bits per heavy atom. The second-order valence-corrected chi connectivity index (χ2v) is 5.92. The van der Waals surface area contributed by atoms with Crippen LogP contribution in [0.1, 0.15) is 47.0 Å². The molecule has 4 unspecified atom stereocenters. The van der Waals surface area contributed by atoms with Gasteiger partial charge in [-0.3, -0.25) is 0 Å². The zero-order valence-corrected chi connectivity index (χ0v) is 9.43. The van der Waals surface area contributed by atoms with Crippen molar-refractivity contribution in [3.05, 3.63) is 0 Å². The van der Waals surface area contributed by atoms with E-state index >= 15 is 0 Å². The second-order valence-electron chi connectivity index (χ2n) is 5.92. The second kappa shape index (κ2) is 2.98. The Bertz CT molecular complexity index is 197. The van der Waals surface area contributed by atoms with Crippen LogP contribution in [0, 0.1) is 17.3 Å². The Labute approximate surface area is 82.3 Å². The average molecular weight is 181 g/mol. The molecule has 2 saturated carbocycles. The molecule has 0 bridgehead atoms. The molecule has 2 rings (SSSR count). The molecule has 0 aliphatic heterocycles. The summed E-state index contributed by atoms with van der Waals surface area (Å²) < 4.78 is 0. The zero-order chi connectivity index (χ0) is 9.64. The molecule has 1 heteroatoms. The van der Waals surface area contributed by atoms with Gasteiger partial charge in [0.1, 0.15) is 0 Å². The van der Waals surface area contributed by atoms with Gasteiger partial charge in [0.2, 0.25) is 0 Å². The van der Waals surface area contributed by atoms with E-state index in [0.29, 0.717) is 5.41 Å². The SMILES string of the molecule is CC1CCC1NC(C)C1CC1(C)C. The third-order valence-corrected chi connectivity index (χ3v) is 4.29. The van der Waals surface area contributed by atoms with Crippen LogP contribution in [-0.2, 0) is 0 Å². The van der Waals surface area contributed by atoms with E-state index in [1.807, 2.05) is 0 Å². The molecule has 0 saturated heterocycles. The number of hydrogen-bond donors (Lipinski definition) is 1. The highest BCUT2D eigenvalue weighted by molar-refractivity contribution is 5.01. The Morgan fingerprint density at radius 1 is 1.31 bits per heavy atom. The lowest BCUT2D eigenvalue weighted by Gasteiger charge is -2.37. The van der Waals surface area contributed by atoms with Gasteiger partial charge in [-0.15, -0.1) is 0 Å². The van der Waals surface area contributed by atoms with Crippen LogP contribution in [0.15, 0.2) is 0 Å². The van der Waals surface area contributed by atoms with Gasteiger partial charge in [-0.2, -0.15) is 0 Å². The average Bonchev–Trinajstić information content (AvgIpc) is 2.68. The van der Waals surface area contributed by atoms with Gasteiger partial charge >= 0.3 is 0 Å². The lowest BCUT2D eigenvalue weighted by atomic mass is 9.80. The van der Waals surface area contributed by atoms with Crippen molar-refractivity contribution in [2.45, 2.75) is 59.0 Å². The van der Waals surface area contributed by atoms with Crippen LogP contribution in [-0.4, -0.2) is 12.1 Å². The molecular weight excluding hydrogens is 158 g/mol. The number of rotatable bonds is 3. The first kappa shape index (κ1) is 9.51. The van der Waals surface area contributed by atoms with Gasteiger partial charge in [-0.05, 0) is 43.4 Å². The molecule has 0 spiro atoms. The molecule has 76 valence electrons. The van der Waals surface area contributed by atoms with Crippen molar-refractivity contribution in [1.82, 2.24) is 5.32 Å². The van der Waals surface area contributed by atoms with E-state index in [9.17, 15) is 0 Å². The zero-order valence-electron chi connectivity index (χ0n) is 9.43. The van der Waals surface area contributed by atoms with Gasteiger partial charge in [-0.1, -0.05) is 20.8 Å². The summed E-state index contributed by atoms with van der Waals surface area (Å²) in [5.74, 6) is 1.85. The third-order valence-electron chi connectivity index (χ3n) is 4.29. The molecule has 2 aliphatic carbocycles. The summed E-state index contributed by atoms with van der Waals surface area (Å²) in [4.78, 5) is 0. The van der Waals surface area contributed by atoms with Gasteiger partial charge in [0, 0.05) is 12.1 Å². The van der Waals surface area contributed by atoms with Crippen LogP contribution in [0.3, 0.4) is 0 Å². The molecule has 0 amide bonds. The van der Waals surface area contributed by atoms with Crippen molar-refractivity contribution < 1.29 is 0 Å². The fraction of sp³-hybridized carbons (Fsp3) is 1.00. The van der Waals surface area contributed by atoms with Crippen LogP contribution in [0.5, 0.6) is 0 Å². The van der Waals surface area contributed by atoms with E-state index in [0.717, 1.165) is 23.9 Å². The predicted molar refractivity (Wildman–Crippen MR) is 56.7 cm³/mol. The summed E-state index contributed by atoms with van der Waals surface area (Å²) in [6, 6.07) is 1.56. The van der Waals surface area contributed by atoms with E-state index in [1.165, 1.54) is 19.3 Å². The third kappa shape index (κ3) is 1.76. The summed E-state index contributed by atoms with van der Waals surface area (Å²) >= 11 is 0. The van der Waals surface area contributed by atoms with E-state index in [4.69, 9.17) is 0 Å². The van der Waals surface area contributed by atoms with Crippen molar-refractivity contribution in [2.24, 2.45) is 17.3 Å². The fourth-order valence-corrected chi connectivity index (χ4v) is 2.73. The van der Waals surface area contributed by atoms with Crippen molar-refractivity contribution in [3.8, 4) is 0 Å². The highest BCUT2D eigenvalue weighted by atomic mass is 15.0. The predicted octanol–water partition coefficient (Wildman–Crippen LogP) is 2.81. The Balaban J connectivity index is 1.76. The first-order valence-corrected chi connectivity index (χ1v) is 5.77. The molecule has 1 nitrogen and oxygen atoms in total. The molecule has 0 aromatic heterocycles. The van der Waals surface area contributed by atoms with E-state index in [1.54, 1.807) is 0 Å². The van der Waals surface area contributed by atoms with Crippen LogP contribution in [0.4, 0.5) is 0 Å². The standard InChI is InChI=1S/C12H23N/c1-8-5-6-11(8)13-9(2)10-7-12(10,3)4/h8-11,13H,5-7H2,1-4H3. The van der Waals surface area contributed by atoms with Gasteiger partial charge in [-0.25, -0.2) is 0 Å². The van der Waals surface area contributed by atoms with E-state index in [2.05, 4.69) is 33.0 Å². The Hall–Kier alpha value is -0.0400. The smallest absolute Gasteiger partial charge is 0.00954 e. The summed E-state index contributed by atoms with van der Waals surface area (Å²) in [6.07, 6.45) is 4.25. The summed E-state index contributed by atoms with van der Waals surface area (Å²) in [7, 11) is 0. The highest BCUT2D eigenvalue weighted by Gasteiger charge is 2.49. The van der Waals surface area contributed by atoms with Crippen molar-refractivity contribution in [2.75, 3.05) is 0 Å².